The Hall–Kier alpha value is -2.29. The fraction of sp³-hybridized carbons (Fsp3) is 0.409. The molecule has 3 rings (SSSR count). The summed E-state index contributed by atoms with van der Waals surface area (Å²) in [5, 5.41) is 8.66. The van der Waals surface area contributed by atoms with Crippen LogP contribution in [0.25, 0.3) is 0 Å². The van der Waals surface area contributed by atoms with Crippen molar-refractivity contribution in [2.24, 2.45) is 9.50 Å². The van der Waals surface area contributed by atoms with Crippen molar-refractivity contribution in [3.05, 3.63) is 58.4 Å². The number of hydrogen-bond donors (Lipinski definition) is 2. The van der Waals surface area contributed by atoms with Gasteiger partial charge in [0.25, 0.3) is 0 Å². The first-order chi connectivity index (χ1) is 13.9. The van der Waals surface area contributed by atoms with Gasteiger partial charge in [-0.05, 0) is 72.5 Å². The van der Waals surface area contributed by atoms with Crippen LogP contribution in [0.2, 0.25) is 0 Å². The molecule has 0 aliphatic heterocycles. The molecule has 2 amide bonds. The van der Waals surface area contributed by atoms with Crippen LogP contribution in [-0.4, -0.2) is 29.2 Å². The van der Waals surface area contributed by atoms with Crippen molar-refractivity contribution in [2.45, 2.75) is 50.5 Å². The summed E-state index contributed by atoms with van der Waals surface area (Å²) >= 11 is 0. The number of fused-ring (bicyclic) bond motifs is 1. The fourth-order valence-corrected chi connectivity index (χ4v) is 4.67. The maximum Gasteiger partial charge on any atom is 0.354 e. The summed E-state index contributed by atoms with van der Waals surface area (Å²) < 4.78 is 30.9. The minimum absolute atomic E-state index is 0.0251. The normalized spacial score (nSPS) is 17.1. The maximum atomic E-state index is 14.1. The van der Waals surface area contributed by atoms with Gasteiger partial charge in [-0.1, -0.05) is 33.8 Å². The van der Waals surface area contributed by atoms with Gasteiger partial charge in [-0.25, -0.2) is 18.5 Å². The SMILES string of the molecule is CC(C)c1cc(F)cc(C(C)C)c1NC(=O)N=S(N)(=O)c1ccc2c(c1)C2N(C)C. The zero-order valence-corrected chi connectivity index (χ0v) is 19.0. The van der Waals surface area contributed by atoms with Crippen LogP contribution < -0.4 is 10.5 Å². The number of nitrogens with two attached hydrogens (primary N) is 1. The highest BCUT2D eigenvalue weighted by molar-refractivity contribution is 7.91. The summed E-state index contributed by atoms with van der Waals surface area (Å²) in [5.74, 6) is -0.410. The number of carbonyl (C=O) groups excluding carboxylic acids is 1. The summed E-state index contributed by atoms with van der Waals surface area (Å²) in [6.45, 7) is 7.66. The third kappa shape index (κ3) is 4.40. The molecule has 2 unspecified atom stereocenters. The molecule has 2 atom stereocenters. The molecule has 6 nitrogen and oxygen atoms in total. The van der Waals surface area contributed by atoms with E-state index in [-0.39, 0.29) is 23.7 Å². The predicted molar refractivity (Wildman–Crippen MR) is 119 cm³/mol. The van der Waals surface area contributed by atoms with E-state index in [1.54, 1.807) is 12.1 Å². The third-order valence-corrected chi connectivity index (χ3v) is 6.64. The largest absolute Gasteiger partial charge is 0.354 e. The first kappa shape index (κ1) is 22.4. The summed E-state index contributed by atoms with van der Waals surface area (Å²) in [7, 11) is 0.501. The first-order valence-electron chi connectivity index (χ1n) is 9.92. The smallest absolute Gasteiger partial charge is 0.305 e. The maximum absolute atomic E-state index is 14.1. The van der Waals surface area contributed by atoms with Gasteiger partial charge >= 0.3 is 6.03 Å². The molecule has 0 spiro atoms. The van der Waals surface area contributed by atoms with Crippen LogP contribution in [-0.2, 0) is 9.92 Å². The lowest BCUT2D eigenvalue weighted by Crippen LogP contribution is -2.19. The predicted octanol–water partition coefficient (Wildman–Crippen LogP) is 4.97. The number of anilines is 1. The van der Waals surface area contributed by atoms with Crippen LogP contribution in [0.4, 0.5) is 14.9 Å². The highest BCUT2D eigenvalue weighted by Gasteiger charge is 2.35. The number of amides is 2. The second-order valence-electron chi connectivity index (χ2n) is 8.52. The molecule has 0 radical (unpaired) electrons. The average molecular weight is 433 g/mol. The molecule has 162 valence electrons. The number of carbonyl (C=O) groups is 1. The average Bonchev–Trinajstić information content (AvgIpc) is 3.35. The van der Waals surface area contributed by atoms with Crippen molar-refractivity contribution in [2.75, 3.05) is 19.4 Å². The molecular weight excluding hydrogens is 403 g/mol. The molecule has 0 fully saturated rings. The molecule has 0 aromatic heterocycles. The van der Waals surface area contributed by atoms with E-state index in [0.717, 1.165) is 11.1 Å². The summed E-state index contributed by atoms with van der Waals surface area (Å²) in [4.78, 5) is 15.0. The molecule has 3 N–H and O–H groups in total. The van der Waals surface area contributed by atoms with Crippen LogP contribution in [0.1, 0.15) is 67.8 Å². The monoisotopic (exact) mass is 432 g/mol. The topological polar surface area (TPSA) is 87.8 Å². The second-order valence-corrected chi connectivity index (χ2v) is 10.3. The molecule has 0 saturated heterocycles. The van der Waals surface area contributed by atoms with Gasteiger partial charge in [-0.15, -0.1) is 4.36 Å². The zero-order chi connectivity index (χ0) is 22.4. The summed E-state index contributed by atoms with van der Waals surface area (Å²) in [6.07, 6.45) is 0. The highest BCUT2D eigenvalue weighted by Crippen LogP contribution is 2.45. The van der Waals surface area contributed by atoms with Gasteiger partial charge in [-0.3, -0.25) is 4.90 Å². The van der Waals surface area contributed by atoms with Crippen molar-refractivity contribution in [3.63, 3.8) is 0 Å². The lowest BCUT2D eigenvalue weighted by molar-refractivity contribution is 0.260. The van der Waals surface area contributed by atoms with Crippen LogP contribution in [0.3, 0.4) is 0 Å². The molecular formula is C22H29FN4O2S. The van der Waals surface area contributed by atoms with Crippen molar-refractivity contribution in [1.29, 1.82) is 0 Å². The van der Waals surface area contributed by atoms with Crippen LogP contribution in [0.5, 0.6) is 0 Å². The van der Waals surface area contributed by atoms with Gasteiger partial charge in [0, 0.05) is 5.69 Å². The zero-order valence-electron chi connectivity index (χ0n) is 18.2. The number of benzene rings is 2. The molecule has 0 saturated carbocycles. The summed E-state index contributed by atoms with van der Waals surface area (Å²) in [6, 6.07) is 7.44. The van der Waals surface area contributed by atoms with E-state index in [0.29, 0.717) is 21.7 Å². The Balaban J connectivity index is 1.94. The fourth-order valence-electron chi connectivity index (χ4n) is 3.71. The van der Waals surface area contributed by atoms with Crippen LogP contribution in [0, 0.1) is 5.82 Å². The van der Waals surface area contributed by atoms with Crippen molar-refractivity contribution in [1.82, 2.24) is 4.90 Å². The van der Waals surface area contributed by atoms with E-state index in [1.807, 2.05) is 52.8 Å². The Bertz CT molecular complexity index is 1090. The quantitative estimate of drug-likeness (QED) is 0.699. The van der Waals surface area contributed by atoms with E-state index < -0.39 is 15.9 Å². The van der Waals surface area contributed by atoms with Crippen LogP contribution in [0.15, 0.2) is 39.6 Å². The van der Waals surface area contributed by atoms with E-state index in [2.05, 4.69) is 9.68 Å². The number of nitrogens with zero attached hydrogens (tertiary/aromatic N) is 2. The number of urea groups is 1. The molecule has 1 aliphatic rings. The van der Waals surface area contributed by atoms with Crippen molar-refractivity contribution >= 4 is 21.6 Å². The van der Waals surface area contributed by atoms with E-state index in [9.17, 15) is 13.4 Å². The Labute approximate surface area is 178 Å². The van der Waals surface area contributed by atoms with Gasteiger partial charge in [0.15, 0.2) is 0 Å². The van der Waals surface area contributed by atoms with Gasteiger partial charge in [-0.2, -0.15) is 0 Å². The molecule has 2 aromatic carbocycles. The summed E-state index contributed by atoms with van der Waals surface area (Å²) in [5.41, 5.74) is 4.00. The molecule has 8 heteroatoms. The number of hydrogen-bond acceptors (Lipinski definition) is 3. The Kier molecular flexibility index (Phi) is 6.04. The minimum Gasteiger partial charge on any atom is -0.305 e. The molecule has 30 heavy (non-hydrogen) atoms. The number of halogens is 1. The standard InChI is InChI=1S/C22H29FN4O2S/c1-12(2)17-9-14(23)10-18(13(3)4)20(17)25-22(28)26-30(24,29)15-7-8-16-19(11-15)21(16)27(5)6/h7-13,21H,1-6H3,(H3,24,25,26,28,29). The highest BCUT2D eigenvalue weighted by atomic mass is 32.2. The molecule has 0 heterocycles. The lowest BCUT2D eigenvalue weighted by Gasteiger charge is -2.20. The van der Waals surface area contributed by atoms with Gasteiger partial charge < -0.3 is 5.32 Å². The van der Waals surface area contributed by atoms with E-state index in [4.69, 9.17) is 5.14 Å². The Morgan fingerprint density at radius 2 is 1.67 bits per heavy atom. The van der Waals surface area contributed by atoms with Gasteiger partial charge in [0.2, 0.25) is 0 Å². The third-order valence-electron chi connectivity index (χ3n) is 5.28. The van der Waals surface area contributed by atoms with Gasteiger partial charge in [0.05, 0.1) is 10.9 Å². The Morgan fingerprint density at radius 1 is 1.10 bits per heavy atom. The molecule has 0 bridgehead atoms. The minimum atomic E-state index is -3.42. The number of nitrogens with one attached hydrogen (secondary N) is 1. The van der Waals surface area contributed by atoms with Crippen LogP contribution >= 0.6 is 0 Å². The van der Waals surface area contributed by atoms with E-state index in [1.165, 1.54) is 12.1 Å². The number of rotatable bonds is 5. The van der Waals surface area contributed by atoms with Crippen molar-refractivity contribution in [3.8, 4) is 0 Å². The lowest BCUT2D eigenvalue weighted by atomic mass is 9.92. The molecule has 1 aliphatic carbocycles. The Morgan fingerprint density at radius 3 is 2.17 bits per heavy atom. The van der Waals surface area contributed by atoms with E-state index >= 15 is 0 Å². The molecule has 2 aromatic rings. The second kappa shape index (κ2) is 8.09. The van der Waals surface area contributed by atoms with Gasteiger partial charge in [0.1, 0.15) is 15.7 Å². The first-order valence-corrected chi connectivity index (χ1v) is 11.5. The van der Waals surface area contributed by atoms with Crippen molar-refractivity contribution < 1.29 is 13.4 Å².